The second kappa shape index (κ2) is 8.36. The first-order valence-corrected chi connectivity index (χ1v) is 7.99. The third kappa shape index (κ3) is 5.28. The van der Waals surface area contributed by atoms with Gasteiger partial charge in [-0.2, -0.15) is 0 Å². The number of nitrogens with one attached hydrogen (secondary N) is 3. The lowest BCUT2D eigenvalue weighted by atomic mass is 10.1. The van der Waals surface area contributed by atoms with Crippen LogP contribution in [-0.2, 0) is 9.59 Å². The van der Waals surface area contributed by atoms with Gasteiger partial charge >= 0.3 is 0 Å². The molecule has 2 amide bonds. The Morgan fingerprint density at radius 2 is 1.79 bits per heavy atom. The highest BCUT2D eigenvalue weighted by molar-refractivity contribution is 6.31. The predicted octanol–water partition coefficient (Wildman–Crippen LogP) is 3.59. The summed E-state index contributed by atoms with van der Waals surface area (Å²) in [6, 6.07) is 14.7. The van der Waals surface area contributed by atoms with E-state index in [-0.39, 0.29) is 24.4 Å². The van der Waals surface area contributed by atoms with Gasteiger partial charge in [0.1, 0.15) is 0 Å². The van der Waals surface area contributed by atoms with Crippen LogP contribution in [0.5, 0.6) is 0 Å². The van der Waals surface area contributed by atoms with Crippen LogP contribution in [0.2, 0.25) is 5.02 Å². The molecule has 0 saturated heterocycles. The van der Waals surface area contributed by atoms with Crippen molar-refractivity contribution in [1.82, 2.24) is 5.32 Å². The number of halogens is 1. The van der Waals surface area contributed by atoms with Crippen LogP contribution in [0.4, 0.5) is 11.4 Å². The molecule has 126 valence electrons. The van der Waals surface area contributed by atoms with Crippen molar-refractivity contribution in [2.45, 2.75) is 19.9 Å². The minimum atomic E-state index is -0.192. The van der Waals surface area contributed by atoms with E-state index in [1.807, 2.05) is 37.3 Å². The van der Waals surface area contributed by atoms with Gasteiger partial charge in [0, 0.05) is 11.9 Å². The molecule has 1 unspecified atom stereocenters. The van der Waals surface area contributed by atoms with Gasteiger partial charge in [-0.3, -0.25) is 9.59 Å². The third-order valence-corrected chi connectivity index (χ3v) is 3.64. The Kier molecular flexibility index (Phi) is 6.21. The van der Waals surface area contributed by atoms with Gasteiger partial charge in [-0.25, -0.2) is 0 Å². The number of rotatable bonds is 6. The first kappa shape index (κ1) is 17.8. The fourth-order valence-corrected chi connectivity index (χ4v) is 2.43. The maximum Gasteiger partial charge on any atom is 0.239 e. The van der Waals surface area contributed by atoms with Crippen LogP contribution in [0.15, 0.2) is 48.5 Å². The molecule has 2 aromatic carbocycles. The Balaban J connectivity index is 1.96. The van der Waals surface area contributed by atoms with Crippen LogP contribution in [0.3, 0.4) is 0 Å². The Hall–Kier alpha value is -2.53. The Labute approximate surface area is 146 Å². The van der Waals surface area contributed by atoms with E-state index in [0.717, 1.165) is 5.56 Å². The van der Waals surface area contributed by atoms with Crippen LogP contribution in [-0.4, -0.2) is 18.4 Å². The molecule has 0 aliphatic heterocycles. The highest BCUT2D eigenvalue weighted by Crippen LogP contribution is 2.25. The molecule has 0 fully saturated rings. The van der Waals surface area contributed by atoms with Crippen LogP contribution < -0.4 is 16.0 Å². The van der Waals surface area contributed by atoms with Crippen LogP contribution in [0.1, 0.15) is 25.5 Å². The number of anilines is 2. The van der Waals surface area contributed by atoms with Gasteiger partial charge in [-0.05, 0) is 30.7 Å². The van der Waals surface area contributed by atoms with Crippen molar-refractivity contribution in [1.29, 1.82) is 0 Å². The van der Waals surface area contributed by atoms with Crippen molar-refractivity contribution >= 4 is 34.8 Å². The smallest absolute Gasteiger partial charge is 0.239 e. The number of carbonyl (C=O) groups excluding carboxylic acids is 2. The topological polar surface area (TPSA) is 70.2 Å². The van der Waals surface area contributed by atoms with E-state index in [1.54, 1.807) is 18.2 Å². The second-order valence-corrected chi connectivity index (χ2v) is 5.86. The van der Waals surface area contributed by atoms with E-state index in [1.165, 1.54) is 6.92 Å². The molecule has 0 aliphatic rings. The van der Waals surface area contributed by atoms with Gasteiger partial charge in [0.2, 0.25) is 11.8 Å². The third-order valence-electron chi connectivity index (χ3n) is 3.41. The van der Waals surface area contributed by atoms with E-state index in [2.05, 4.69) is 16.0 Å². The van der Waals surface area contributed by atoms with Gasteiger partial charge in [-0.1, -0.05) is 41.9 Å². The number of hydrogen-bond donors (Lipinski definition) is 3. The molecular formula is C18H20ClN3O2. The monoisotopic (exact) mass is 345 g/mol. The van der Waals surface area contributed by atoms with E-state index >= 15 is 0 Å². The summed E-state index contributed by atoms with van der Waals surface area (Å²) in [5.41, 5.74) is 2.21. The van der Waals surface area contributed by atoms with Crippen molar-refractivity contribution < 1.29 is 9.59 Å². The molecule has 6 heteroatoms. The van der Waals surface area contributed by atoms with E-state index in [9.17, 15) is 9.59 Å². The zero-order chi connectivity index (χ0) is 17.5. The minimum absolute atomic E-state index is 0.0735. The lowest BCUT2D eigenvalue weighted by molar-refractivity contribution is -0.120. The first-order valence-electron chi connectivity index (χ1n) is 7.61. The molecule has 5 nitrogen and oxygen atoms in total. The van der Waals surface area contributed by atoms with Crippen molar-refractivity contribution in [2.24, 2.45) is 0 Å². The fraction of sp³-hybridized carbons (Fsp3) is 0.222. The molecule has 0 aromatic heterocycles. The fourth-order valence-electron chi connectivity index (χ4n) is 2.25. The highest BCUT2D eigenvalue weighted by atomic mass is 35.5. The molecule has 0 bridgehead atoms. The van der Waals surface area contributed by atoms with Crippen molar-refractivity contribution in [3.8, 4) is 0 Å². The van der Waals surface area contributed by atoms with E-state index in [0.29, 0.717) is 16.4 Å². The average molecular weight is 346 g/mol. The lowest BCUT2D eigenvalue weighted by Crippen LogP contribution is -2.32. The molecule has 24 heavy (non-hydrogen) atoms. The molecular weight excluding hydrogens is 326 g/mol. The maximum atomic E-state index is 12.1. The maximum absolute atomic E-state index is 12.1. The molecule has 0 saturated carbocycles. The number of amides is 2. The quantitative estimate of drug-likeness (QED) is 0.749. The lowest BCUT2D eigenvalue weighted by Gasteiger charge is -2.16. The van der Waals surface area contributed by atoms with E-state index in [4.69, 9.17) is 11.6 Å². The first-order chi connectivity index (χ1) is 11.5. The van der Waals surface area contributed by atoms with Crippen LogP contribution >= 0.6 is 11.6 Å². The molecule has 0 radical (unpaired) electrons. The largest absolute Gasteiger partial charge is 0.374 e. The minimum Gasteiger partial charge on any atom is -0.374 e. The summed E-state index contributed by atoms with van der Waals surface area (Å²) in [7, 11) is 0. The molecule has 0 spiro atoms. The number of carbonyl (C=O) groups is 2. The Bertz CT molecular complexity index is 719. The Morgan fingerprint density at radius 1 is 1.08 bits per heavy atom. The predicted molar refractivity (Wildman–Crippen MR) is 97.2 cm³/mol. The SMILES string of the molecule is CC(=O)Nc1ccc(Cl)cc1NCC(=O)NC(C)c1ccccc1. The zero-order valence-corrected chi connectivity index (χ0v) is 14.4. The summed E-state index contributed by atoms with van der Waals surface area (Å²) in [5, 5.41) is 9.14. The highest BCUT2D eigenvalue weighted by Gasteiger charge is 2.10. The summed E-state index contributed by atoms with van der Waals surface area (Å²) in [4.78, 5) is 23.4. The molecule has 0 aliphatic carbocycles. The summed E-state index contributed by atoms with van der Waals surface area (Å²) in [6.45, 7) is 3.42. The van der Waals surface area contributed by atoms with Crippen molar-refractivity contribution in [3.63, 3.8) is 0 Å². The van der Waals surface area contributed by atoms with Gasteiger partial charge in [0.25, 0.3) is 0 Å². The molecule has 2 rings (SSSR count). The van der Waals surface area contributed by atoms with E-state index < -0.39 is 0 Å². The van der Waals surface area contributed by atoms with Gasteiger partial charge in [-0.15, -0.1) is 0 Å². The zero-order valence-electron chi connectivity index (χ0n) is 13.6. The van der Waals surface area contributed by atoms with Gasteiger partial charge in [0.15, 0.2) is 0 Å². The van der Waals surface area contributed by atoms with Crippen LogP contribution in [0, 0.1) is 0 Å². The van der Waals surface area contributed by atoms with Gasteiger partial charge in [0.05, 0.1) is 24.0 Å². The summed E-state index contributed by atoms with van der Waals surface area (Å²) >= 11 is 5.98. The second-order valence-electron chi connectivity index (χ2n) is 5.42. The van der Waals surface area contributed by atoms with Crippen LogP contribution in [0.25, 0.3) is 0 Å². The van der Waals surface area contributed by atoms with Crippen molar-refractivity contribution in [2.75, 3.05) is 17.2 Å². The summed E-state index contributed by atoms with van der Waals surface area (Å²) in [5.74, 6) is -0.345. The molecule has 2 aromatic rings. The molecule has 1 atom stereocenters. The van der Waals surface area contributed by atoms with Gasteiger partial charge < -0.3 is 16.0 Å². The summed E-state index contributed by atoms with van der Waals surface area (Å²) < 4.78 is 0. The number of benzene rings is 2. The van der Waals surface area contributed by atoms with Crippen molar-refractivity contribution in [3.05, 3.63) is 59.1 Å². The summed E-state index contributed by atoms with van der Waals surface area (Å²) in [6.07, 6.45) is 0. The normalized spacial score (nSPS) is 11.5. The molecule has 0 heterocycles. The standard InChI is InChI=1S/C18H20ClN3O2/c1-12(14-6-4-3-5-7-14)21-18(24)11-20-17-10-15(19)8-9-16(17)22-13(2)23/h3-10,12,20H,11H2,1-2H3,(H,21,24)(H,22,23). The molecule has 3 N–H and O–H groups in total. The number of hydrogen-bond acceptors (Lipinski definition) is 3. The average Bonchev–Trinajstić information content (AvgIpc) is 2.55. The Morgan fingerprint density at radius 3 is 2.46 bits per heavy atom.